The largest absolute Gasteiger partial charge is 0.214 e. The Kier molecular flexibility index (Phi) is 4.95. The van der Waals surface area contributed by atoms with Crippen LogP contribution >= 0.6 is 11.6 Å². The molecule has 2 fully saturated rings. The van der Waals surface area contributed by atoms with Crippen LogP contribution < -0.4 is 0 Å². The van der Waals surface area contributed by atoms with E-state index in [1.165, 1.54) is 25.7 Å². The molecule has 0 amide bonds. The molecule has 1 heterocycles. The fraction of sp³-hybridized carbons (Fsp3) is 1.00. The summed E-state index contributed by atoms with van der Waals surface area (Å²) >= 11 is 5.75. The number of nitrogens with zero attached hydrogens (tertiary/aromatic N) is 1. The Morgan fingerprint density at radius 2 is 1.89 bits per heavy atom. The Labute approximate surface area is 116 Å². The molecule has 2 aliphatic rings. The standard InChI is InChI=1S/C13H24ClNO2S/c1-11(9-14)10-18(16,17)15-8-4-7-13(15)12-5-2-3-6-12/h11-13H,2-10H2,1H3. The van der Waals surface area contributed by atoms with Crippen LogP contribution in [0.15, 0.2) is 0 Å². The minimum atomic E-state index is -3.11. The maximum atomic E-state index is 12.4. The van der Waals surface area contributed by atoms with Crippen molar-refractivity contribution in [3.8, 4) is 0 Å². The van der Waals surface area contributed by atoms with Crippen LogP contribution in [0.4, 0.5) is 0 Å². The maximum Gasteiger partial charge on any atom is 0.214 e. The molecule has 1 saturated carbocycles. The van der Waals surface area contributed by atoms with Crippen LogP contribution in [0, 0.1) is 11.8 Å². The number of hydrogen-bond donors (Lipinski definition) is 0. The van der Waals surface area contributed by atoms with Gasteiger partial charge in [-0.25, -0.2) is 8.42 Å². The third-order valence-corrected chi connectivity index (χ3v) is 6.99. The van der Waals surface area contributed by atoms with Crippen molar-refractivity contribution >= 4 is 21.6 Å². The molecule has 0 aromatic rings. The predicted octanol–water partition coefficient (Wildman–Crippen LogP) is 2.85. The van der Waals surface area contributed by atoms with Crippen molar-refractivity contribution in [3.63, 3.8) is 0 Å². The molecule has 3 nitrogen and oxygen atoms in total. The second kappa shape index (κ2) is 6.10. The average Bonchev–Trinajstić information content (AvgIpc) is 2.98. The summed E-state index contributed by atoms with van der Waals surface area (Å²) in [5.41, 5.74) is 0. The molecule has 0 aromatic heterocycles. The molecule has 1 saturated heterocycles. The van der Waals surface area contributed by atoms with Gasteiger partial charge in [0.25, 0.3) is 0 Å². The zero-order valence-electron chi connectivity index (χ0n) is 11.1. The third-order valence-electron chi connectivity index (χ3n) is 4.31. The Bertz CT molecular complexity index is 365. The van der Waals surface area contributed by atoms with Gasteiger partial charge < -0.3 is 0 Å². The molecule has 1 aliphatic carbocycles. The van der Waals surface area contributed by atoms with Gasteiger partial charge in [0.15, 0.2) is 0 Å². The second-order valence-electron chi connectivity index (χ2n) is 5.90. The topological polar surface area (TPSA) is 37.4 Å². The molecule has 0 radical (unpaired) electrons. The number of hydrogen-bond acceptors (Lipinski definition) is 2. The minimum Gasteiger partial charge on any atom is -0.212 e. The van der Waals surface area contributed by atoms with E-state index in [1.54, 1.807) is 4.31 Å². The minimum absolute atomic E-state index is 0.0431. The van der Waals surface area contributed by atoms with Crippen LogP contribution in [0.5, 0.6) is 0 Å². The van der Waals surface area contributed by atoms with Crippen molar-refractivity contribution in [2.75, 3.05) is 18.2 Å². The molecular formula is C13H24ClNO2S. The van der Waals surface area contributed by atoms with E-state index in [0.717, 1.165) is 19.4 Å². The summed E-state index contributed by atoms with van der Waals surface area (Å²) in [6.45, 7) is 2.63. The van der Waals surface area contributed by atoms with Gasteiger partial charge in [0.2, 0.25) is 10.0 Å². The van der Waals surface area contributed by atoms with Crippen molar-refractivity contribution in [2.24, 2.45) is 11.8 Å². The molecule has 106 valence electrons. The summed E-state index contributed by atoms with van der Waals surface area (Å²) in [5.74, 6) is 1.27. The van der Waals surface area contributed by atoms with Crippen LogP contribution in [0.25, 0.3) is 0 Å². The Morgan fingerprint density at radius 3 is 2.50 bits per heavy atom. The smallest absolute Gasteiger partial charge is 0.212 e. The van der Waals surface area contributed by atoms with Crippen LogP contribution in [-0.4, -0.2) is 36.9 Å². The molecule has 2 unspecified atom stereocenters. The molecule has 0 aromatic carbocycles. The van der Waals surface area contributed by atoms with Gasteiger partial charge >= 0.3 is 0 Å². The summed E-state index contributed by atoms with van der Waals surface area (Å²) in [7, 11) is -3.11. The highest BCUT2D eigenvalue weighted by molar-refractivity contribution is 7.89. The summed E-state index contributed by atoms with van der Waals surface area (Å²) in [5, 5.41) is 0. The zero-order valence-corrected chi connectivity index (χ0v) is 12.7. The monoisotopic (exact) mass is 293 g/mol. The fourth-order valence-corrected chi connectivity index (χ4v) is 5.79. The highest BCUT2D eigenvalue weighted by Gasteiger charge is 2.39. The van der Waals surface area contributed by atoms with Crippen molar-refractivity contribution in [3.05, 3.63) is 0 Å². The van der Waals surface area contributed by atoms with Gasteiger partial charge in [-0.2, -0.15) is 4.31 Å². The molecule has 18 heavy (non-hydrogen) atoms. The second-order valence-corrected chi connectivity index (χ2v) is 8.18. The summed E-state index contributed by atoms with van der Waals surface area (Å²) in [6.07, 6.45) is 7.04. The van der Waals surface area contributed by atoms with Crippen molar-refractivity contribution in [1.82, 2.24) is 4.31 Å². The SMILES string of the molecule is CC(CCl)CS(=O)(=O)N1CCCC1C1CCCC1. The van der Waals surface area contributed by atoms with Crippen LogP contribution in [0.1, 0.15) is 45.4 Å². The quantitative estimate of drug-likeness (QED) is 0.731. The molecule has 0 N–H and O–H groups in total. The Morgan fingerprint density at radius 1 is 1.22 bits per heavy atom. The van der Waals surface area contributed by atoms with Crippen molar-refractivity contribution < 1.29 is 8.42 Å². The van der Waals surface area contributed by atoms with Crippen molar-refractivity contribution in [1.29, 1.82) is 0 Å². The van der Waals surface area contributed by atoms with E-state index in [-0.39, 0.29) is 17.7 Å². The highest BCUT2D eigenvalue weighted by atomic mass is 35.5. The van der Waals surface area contributed by atoms with Gasteiger partial charge in [-0.05, 0) is 37.5 Å². The van der Waals surface area contributed by atoms with E-state index in [2.05, 4.69) is 0 Å². The van der Waals surface area contributed by atoms with Gasteiger partial charge in [-0.15, -0.1) is 11.6 Å². The van der Waals surface area contributed by atoms with Gasteiger partial charge in [0, 0.05) is 18.5 Å². The van der Waals surface area contributed by atoms with Gasteiger partial charge in [-0.3, -0.25) is 0 Å². The van der Waals surface area contributed by atoms with Gasteiger partial charge in [-0.1, -0.05) is 19.8 Å². The molecule has 2 atom stereocenters. The van der Waals surface area contributed by atoms with E-state index in [9.17, 15) is 8.42 Å². The number of sulfonamides is 1. The van der Waals surface area contributed by atoms with Crippen LogP contribution in [0.3, 0.4) is 0 Å². The van der Waals surface area contributed by atoms with Crippen LogP contribution in [-0.2, 0) is 10.0 Å². The lowest BCUT2D eigenvalue weighted by Crippen LogP contribution is -2.41. The Balaban J connectivity index is 2.05. The molecule has 1 aliphatic heterocycles. The van der Waals surface area contributed by atoms with E-state index in [4.69, 9.17) is 11.6 Å². The summed E-state index contributed by atoms with van der Waals surface area (Å²) in [4.78, 5) is 0. The first-order chi connectivity index (χ1) is 8.54. The highest BCUT2D eigenvalue weighted by Crippen LogP contribution is 2.36. The third kappa shape index (κ3) is 3.20. The molecule has 5 heteroatoms. The number of rotatable bonds is 5. The normalized spacial score (nSPS) is 28.9. The molecule has 2 rings (SSSR count). The predicted molar refractivity (Wildman–Crippen MR) is 75.4 cm³/mol. The van der Waals surface area contributed by atoms with E-state index in [0.29, 0.717) is 11.8 Å². The first-order valence-corrected chi connectivity index (χ1v) is 9.24. The lowest BCUT2D eigenvalue weighted by Gasteiger charge is -2.29. The Hall–Kier alpha value is 0.200. The average molecular weight is 294 g/mol. The first kappa shape index (κ1) is 14.6. The number of alkyl halides is 1. The van der Waals surface area contributed by atoms with Gasteiger partial charge in [0.1, 0.15) is 0 Å². The summed E-state index contributed by atoms with van der Waals surface area (Å²) in [6, 6.07) is 0.278. The van der Waals surface area contributed by atoms with E-state index < -0.39 is 10.0 Å². The molecule has 0 bridgehead atoms. The lowest BCUT2D eigenvalue weighted by atomic mass is 9.97. The lowest BCUT2D eigenvalue weighted by molar-refractivity contribution is 0.287. The van der Waals surface area contributed by atoms with Crippen molar-refractivity contribution in [2.45, 2.75) is 51.5 Å². The molecule has 0 spiro atoms. The first-order valence-electron chi connectivity index (χ1n) is 7.10. The van der Waals surface area contributed by atoms with Crippen LogP contribution in [0.2, 0.25) is 0 Å². The fourth-order valence-electron chi connectivity index (χ4n) is 3.42. The maximum absolute atomic E-state index is 12.4. The molecular weight excluding hydrogens is 270 g/mol. The number of halogens is 1. The van der Waals surface area contributed by atoms with E-state index >= 15 is 0 Å². The zero-order chi connectivity index (χ0) is 13.2. The summed E-state index contributed by atoms with van der Waals surface area (Å²) < 4.78 is 26.7. The van der Waals surface area contributed by atoms with E-state index in [1.807, 2.05) is 6.92 Å². The van der Waals surface area contributed by atoms with Gasteiger partial charge in [0.05, 0.1) is 5.75 Å².